The number of carboxylic acids is 1. The van der Waals surface area contributed by atoms with E-state index in [9.17, 15) is 9.90 Å². The van der Waals surface area contributed by atoms with Crippen molar-refractivity contribution in [3.63, 3.8) is 0 Å². The van der Waals surface area contributed by atoms with Crippen LogP contribution < -0.4 is 0 Å². The van der Waals surface area contributed by atoms with Crippen LogP contribution in [0.15, 0.2) is 23.3 Å². The summed E-state index contributed by atoms with van der Waals surface area (Å²) in [7, 11) is 1.76. The van der Waals surface area contributed by atoms with Gasteiger partial charge in [-0.3, -0.25) is 0 Å². The molecule has 1 N–H and O–H groups in total. The van der Waals surface area contributed by atoms with Crippen LogP contribution in [0.5, 0.6) is 0 Å². The van der Waals surface area contributed by atoms with Crippen molar-refractivity contribution in [2.45, 2.75) is 72.8 Å². The molecule has 0 fully saturated rings. The Morgan fingerprint density at radius 2 is 1.86 bits per heavy atom. The van der Waals surface area contributed by atoms with Crippen molar-refractivity contribution in [1.82, 2.24) is 0 Å². The second kappa shape index (κ2) is 9.83. The Morgan fingerprint density at radius 1 is 1.27 bits per heavy atom. The summed E-state index contributed by atoms with van der Waals surface area (Å²) in [4.78, 5) is 11.2. The second-order valence-electron chi connectivity index (χ2n) is 7.16. The van der Waals surface area contributed by atoms with Crippen LogP contribution in [0.2, 0.25) is 0 Å². The van der Waals surface area contributed by atoms with E-state index in [0.717, 1.165) is 31.3 Å². The van der Waals surface area contributed by atoms with Crippen molar-refractivity contribution < 1.29 is 14.6 Å². The molecule has 1 unspecified atom stereocenters. The van der Waals surface area contributed by atoms with Gasteiger partial charge in [0.05, 0.1) is 5.60 Å². The maximum atomic E-state index is 11.2. The number of hydrogen-bond donors (Lipinski definition) is 1. The molecule has 0 aliphatic rings. The van der Waals surface area contributed by atoms with Crippen molar-refractivity contribution in [1.29, 1.82) is 0 Å². The highest BCUT2D eigenvalue weighted by Crippen LogP contribution is 2.21. The molecule has 22 heavy (non-hydrogen) atoms. The second-order valence-corrected chi connectivity index (χ2v) is 7.16. The van der Waals surface area contributed by atoms with Gasteiger partial charge in [0.2, 0.25) is 0 Å². The lowest BCUT2D eigenvalue weighted by molar-refractivity contribution is -0.133. The van der Waals surface area contributed by atoms with Gasteiger partial charge in [-0.25, -0.2) is 4.79 Å². The van der Waals surface area contributed by atoms with Gasteiger partial charge in [0.1, 0.15) is 0 Å². The number of methoxy groups -OCH3 is 1. The Bertz CT molecular complexity index is 403. The molecule has 3 nitrogen and oxygen atoms in total. The molecule has 0 aromatic rings. The van der Waals surface area contributed by atoms with Crippen LogP contribution in [0.4, 0.5) is 0 Å². The molecule has 0 aromatic carbocycles. The molecule has 0 aromatic heterocycles. The molecule has 0 heterocycles. The highest BCUT2D eigenvalue weighted by atomic mass is 16.5. The Kier molecular flexibility index (Phi) is 9.34. The molecule has 1 atom stereocenters. The SMILES string of the molecule is COC(C)(C)CCCC(C)CC=CC(C)=C(C(=O)O)C(C)C. The van der Waals surface area contributed by atoms with Gasteiger partial charge < -0.3 is 9.84 Å². The summed E-state index contributed by atoms with van der Waals surface area (Å²) in [6.45, 7) is 12.2. The molecule has 0 spiro atoms. The monoisotopic (exact) mass is 310 g/mol. The minimum absolute atomic E-state index is 0.0378. The lowest BCUT2D eigenvalue weighted by atomic mass is 9.94. The zero-order chi connectivity index (χ0) is 17.3. The van der Waals surface area contributed by atoms with Crippen molar-refractivity contribution in [2.24, 2.45) is 11.8 Å². The van der Waals surface area contributed by atoms with Gasteiger partial charge in [-0.15, -0.1) is 0 Å². The molecule has 0 saturated carbocycles. The number of carboxylic acid groups (broad SMARTS) is 1. The lowest BCUT2D eigenvalue weighted by Gasteiger charge is -2.23. The minimum atomic E-state index is -0.813. The first-order valence-corrected chi connectivity index (χ1v) is 8.26. The predicted molar refractivity (Wildman–Crippen MR) is 93.0 cm³/mol. The van der Waals surface area contributed by atoms with E-state index in [4.69, 9.17) is 4.74 Å². The molecule has 128 valence electrons. The van der Waals surface area contributed by atoms with E-state index in [1.54, 1.807) is 7.11 Å². The highest BCUT2D eigenvalue weighted by Gasteiger charge is 2.16. The van der Waals surface area contributed by atoms with Gasteiger partial charge in [0.15, 0.2) is 0 Å². The normalized spacial score (nSPS) is 15.3. The number of aliphatic carboxylic acids is 1. The van der Waals surface area contributed by atoms with Crippen LogP contribution >= 0.6 is 0 Å². The minimum Gasteiger partial charge on any atom is -0.478 e. The van der Waals surface area contributed by atoms with E-state index in [-0.39, 0.29) is 11.5 Å². The molecular formula is C19H34O3. The summed E-state index contributed by atoms with van der Waals surface area (Å²) in [6.07, 6.45) is 8.42. The predicted octanol–water partition coefficient (Wildman–Crippen LogP) is 5.22. The number of rotatable bonds is 10. The van der Waals surface area contributed by atoms with Crippen molar-refractivity contribution in [3.05, 3.63) is 23.3 Å². The average molecular weight is 310 g/mol. The molecular weight excluding hydrogens is 276 g/mol. The van der Waals surface area contributed by atoms with Crippen LogP contribution in [0.1, 0.15) is 67.2 Å². The van der Waals surface area contributed by atoms with E-state index in [1.807, 2.05) is 26.8 Å². The zero-order valence-electron chi connectivity index (χ0n) is 15.4. The Labute approximate surface area is 136 Å². The average Bonchev–Trinajstić information content (AvgIpc) is 2.37. The summed E-state index contributed by atoms with van der Waals surface area (Å²) in [5.41, 5.74) is 1.32. The summed E-state index contributed by atoms with van der Waals surface area (Å²) in [6, 6.07) is 0. The van der Waals surface area contributed by atoms with E-state index in [2.05, 4.69) is 26.8 Å². The largest absolute Gasteiger partial charge is 0.478 e. The van der Waals surface area contributed by atoms with Gasteiger partial charge >= 0.3 is 5.97 Å². The molecule has 0 bridgehead atoms. The fraction of sp³-hybridized carbons (Fsp3) is 0.737. The van der Waals surface area contributed by atoms with Crippen LogP contribution in [-0.2, 0) is 9.53 Å². The van der Waals surface area contributed by atoms with Gasteiger partial charge in [0.25, 0.3) is 0 Å². The Balaban J connectivity index is 4.37. The van der Waals surface area contributed by atoms with E-state index < -0.39 is 5.97 Å². The molecule has 0 amide bonds. The van der Waals surface area contributed by atoms with Gasteiger partial charge in [-0.2, -0.15) is 0 Å². The van der Waals surface area contributed by atoms with Crippen LogP contribution in [-0.4, -0.2) is 23.8 Å². The van der Waals surface area contributed by atoms with E-state index >= 15 is 0 Å². The summed E-state index contributed by atoms with van der Waals surface area (Å²) in [5.74, 6) is -0.174. The maximum absolute atomic E-state index is 11.2. The fourth-order valence-electron chi connectivity index (χ4n) is 2.53. The number of ether oxygens (including phenoxy) is 1. The van der Waals surface area contributed by atoms with Crippen molar-refractivity contribution >= 4 is 5.97 Å². The molecule has 0 radical (unpaired) electrons. The first kappa shape index (κ1) is 20.9. The molecule has 0 aliphatic carbocycles. The summed E-state index contributed by atoms with van der Waals surface area (Å²) in [5, 5.41) is 9.23. The molecule has 0 saturated heterocycles. The van der Waals surface area contributed by atoms with Crippen LogP contribution in [0, 0.1) is 11.8 Å². The first-order chi connectivity index (χ1) is 10.1. The lowest BCUT2D eigenvalue weighted by Crippen LogP contribution is -2.22. The fourth-order valence-corrected chi connectivity index (χ4v) is 2.53. The number of hydrogen-bond acceptors (Lipinski definition) is 2. The molecule has 3 heteroatoms. The van der Waals surface area contributed by atoms with Gasteiger partial charge in [-0.05, 0) is 51.0 Å². The Morgan fingerprint density at radius 3 is 2.32 bits per heavy atom. The summed E-state index contributed by atoms with van der Waals surface area (Å²) < 4.78 is 5.43. The van der Waals surface area contributed by atoms with Crippen LogP contribution in [0.3, 0.4) is 0 Å². The van der Waals surface area contributed by atoms with Gasteiger partial charge in [0, 0.05) is 12.7 Å². The number of allylic oxidation sites excluding steroid dienone is 3. The third kappa shape index (κ3) is 8.38. The molecule has 0 aliphatic heterocycles. The Hall–Kier alpha value is -1.09. The third-order valence-corrected chi connectivity index (χ3v) is 4.17. The quantitative estimate of drug-likeness (QED) is 0.444. The van der Waals surface area contributed by atoms with Gasteiger partial charge in [-0.1, -0.05) is 45.8 Å². The van der Waals surface area contributed by atoms with Crippen molar-refractivity contribution in [3.8, 4) is 0 Å². The van der Waals surface area contributed by atoms with E-state index in [0.29, 0.717) is 11.5 Å². The van der Waals surface area contributed by atoms with Crippen molar-refractivity contribution in [2.75, 3.05) is 7.11 Å². The maximum Gasteiger partial charge on any atom is 0.332 e. The molecule has 0 rings (SSSR count). The third-order valence-electron chi connectivity index (χ3n) is 4.17. The standard InChI is InChI=1S/C19H34O3/c1-14(2)17(18(20)21)16(4)12-8-10-15(3)11-9-13-19(5,6)22-7/h8,12,14-15H,9-11,13H2,1-7H3,(H,20,21). The summed E-state index contributed by atoms with van der Waals surface area (Å²) >= 11 is 0. The first-order valence-electron chi connectivity index (χ1n) is 8.26. The highest BCUT2D eigenvalue weighted by molar-refractivity contribution is 5.88. The van der Waals surface area contributed by atoms with E-state index in [1.165, 1.54) is 0 Å². The topological polar surface area (TPSA) is 46.5 Å². The number of carbonyl (C=O) groups is 1. The zero-order valence-corrected chi connectivity index (χ0v) is 15.4. The smallest absolute Gasteiger partial charge is 0.332 e. The van der Waals surface area contributed by atoms with Crippen LogP contribution in [0.25, 0.3) is 0 Å².